The minimum atomic E-state index is -0.391. The van der Waals surface area contributed by atoms with Crippen molar-refractivity contribution in [3.05, 3.63) is 52.6 Å². The zero-order valence-electron chi connectivity index (χ0n) is 17.3. The Balaban J connectivity index is 2.27. The molecule has 0 radical (unpaired) electrons. The van der Waals surface area contributed by atoms with E-state index in [1.54, 1.807) is 20.8 Å². The van der Waals surface area contributed by atoms with Gasteiger partial charge in [-0.15, -0.1) is 0 Å². The summed E-state index contributed by atoms with van der Waals surface area (Å²) in [6.45, 7) is 11.9. The highest BCUT2D eigenvalue weighted by Crippen LogP contribution is 2.23. The zero-order chi connectivity index (χ0) is 20.1. The molecule has 1 N–H and O–H groups in total. The number of ketones is 1. The van der Waals surface area contributed by atoms with Gasteiger partial charge in [-0.2, -0.15) is 4.57 Å². The largest absolute Gasteiger partial charge is 0.462 e. The Bertz CT molecular complexity index is 802. The first-order valence-corrected chi connectivity index (χ1v) is 9.76. The number of nitrogens with zero attached hydrogens (tertiary/aromatic N) is 1. The summed E-state index contributed by atoms with van der Waals surface area (Å²) in [6, 6.07) is 3.82. The van der Waals surface area contributed by atoms with E-state index in [4.69, 9.17) is 4.74 Å². The van der Waals surface area contributed by atoms with Crippen LogP contribution < -0.4 is 4.57 Å². The molecular weight excluding hydrogens is 340 g/mol. The van der Waals surface area contributed by atoms with E-state index in [1.807, 2.05) is 23.9 Å². The normalized spacial score (nSPS) is 12.3. The highest BCUT2D eigenvalue weighted by atomic mass is 16.5. The van der Waals surface area contributed by atoms with Crippen molar-refractivity contribution in [1.82, 2.24) is 4.98 Å². The molecule has 0 aliphatic rings. The topological polar surface area (TPSA) is 63.0 Å². The van der Waals surface area contributed by atoms with E-state index in [9.17, 15) is 9.59 Å². The molecule has 0 unspecified atom stereocenters. The predicted molar refractivity (Wildman–Crippen MR) is 105 cm³/mol. The molecule has 2 rings (SSSR count). The third-order valence-electron chi connectivity index (χ3n) is 5.33. The zero-order valence-corrected chi connectivity index (χ0v) is 17.3. The van der Waals surface area contributed by atoms with Gasteiger partial charge in [0.2, 0.25) is 11.8 Å². The SMILES string of the molecule is CCOC(=O)c1c(C)[nH]c(C(=O)[C@@H](C)[n+]2ccc(C(CC)CC)cc2)c1C. The number of rotatable bonds is 8. The molecule has 27 heavy (non-hydrogen) atoms. The molecule has 0 aromatic carbocycles. The summed E-state index contributed by atoms with van der Waals surface area (Å²) in [4.78, 5) is 28.3. The summed E-state index contributed by atoms with van der Waals surface area (Å²) in [6.07, 6.45) is 6.14. The van der Waals surface area contributed by atoms with Gasteiger partial charge in [-0.25, -0.2) is 4.79 Å². The van der Waals surface area contributed by atoms with Crippen molar-refractivity contribution in [1.29, 1.82) is 0 Å². The molecule has 2 aromatic rings. The molecule has 0 fully saturated rings. The third kappa shape index (κ3) is 4.29. The lowest BCUT2D eigenvalue weighted by molar-refractivity contribution is -0.704. The van der Waals surface area contributed by atoms with Crippen molar-refractivity contribution < 1.29 is 18.9 Å². The fraction of sp³-hybridized carbons (Fsp3) is 0.500. The van der Waals surface area contributed by atoms with Gasteiger partial charge in [0, 0.05) is 24.8 Å². The Morgan fingerprint density at radius 2 is 1.70 bits per heavy atom. The summed E-state index contributed by atoms with van der Waals surface area (Å²) < 4.78 is 7.02. The Hall–Kier alpha value is -2.43. The first kappa shape index (κ1) is 20.9. The van der Waals surface area contributed by atoms with Gasteiger partial charge in [0.05, 0.1) is 17.9 Å². The van der Waals surface area contributed by atoms with E-state index >= 15 is 0 Å². The lowest BCUT2D eigenvalue weighted by Crippen LogP contribution is -2.42. The maximum absolute atomic E-state index is 13.0. The van der Waals surface area contributed by atoms with Gasteiger partial charge < -0.3 is 9.72 Å². The number of H-pyrrole nitrogens is 1. The van der Waals surface area contributed by atoms with E-state index in [0.29, 0.717) is 35.0 Å². The van der Waals surface area contributed by atoms with Crippen LogP contribution >= 0.6 is 0 Å². The number of nitrogens with one attached hydrogen (secondary N) is 1. The molecule has 0 amide bonds. The Morgan fingerprint density at radius 3 is 2.22 bits per heavy atom. The van der Waals surface area contributed by atoms with Crippen molar-refractivity contribution in [2.24, 2.45) is 0 Å². The van der Waals surface area contributed by atoms with Crippen LogP contribution in [-0.2, 0) is 4.74 Å². The summed E-state index contributed by atoms with van der Waals surface area (Å²) in [5.74, 6) is 0.107. The molecule has 0 saturated carbocycles. The van der Waals surface area contributed by atoms with Crippen LogP contribution in [0.5, 0.6) is 0 Å². The van der Waals surface area contributed by atoms with Crippen molar-refractivity contribution in [3.8, 4) is 0 Å². The van der Waals surface area contributed by atoms with Gasteiger partial charge in [-0.1, -0.05) is 13.8 Å². The van der Waals surface area contributed by atoms with Crippen LogP contribution in [0.4, 0.5) is 0 Å². The first-order valence-electron chi connectivity index (χ1n) is 9.76. The van der Waals surface area contributed by atoms with E-state index in [2.05, 4.69) is 31.0 Å². The number of hydrogen-bond donors (Lipinski definition) is 1. The highest BCUT2D eigenvalue weighted by Gasteiger charge is 2.30. The van der Waals surface area contributed by atoms with Crippen LogP contribution in [0.15, 0.2) is 24.5 Å². The molecular formula is C22H31N2O3+. The maximum Gasteiger partial charge on any atom is 0.340 e. The molecule has 1 atom stereocenters. The molecule has 0 bridgehead atoms. The number of esters is 1. The molecule has 5 nitrogen and oxygen atoms in total. The van der Waals surface area contributed by atoms with Gasteiger partial charge in [0.15, 0.2) is 12.4 Å². The van der Waals surface area contributed by atoms with E-state index in [-0.39, 0.29) is 11.8 Å². The van der Waals surface area contributed by atoms with E-state index in [0.717, 1.165) is 12.8 Å². The van der Waals surface area contributed by atoms with E-state index < -0.39 is 5.97 Å². The minimum absolute atomic E-state index is 0.0496. The number of carbonyl (C=O) groups excluding carboxylic acids is 2. The fourth-order valence-electron chi connectivity index (χ4n) is 3.59. The van der Waals surface area contributed by atoms with Crippen LogP contribution in [0, 0.1) is 13.8 Å². The smallest absolute Gasteiger partial charge is 0.340 e. The molecule has 2 aromatic heterocycles. The Kier molecular flexibility index (Phi) is 6.94. The summed E-state index contributed by atoms with van der Waals surface area (Å²) in [5, 5.41) is 0. The van der Waals surface area contributed by atoms with Crippen molar-refractivity contribution in [2.45, 2.75) is 66.3 Å². The molecule has 2 heterocycles. The summed E-state index contributed by atoms with van der Waals surface area (Å²) in [7, 11) is 0. The molecule has 0 aliphatic heterocycles. The van der Waals surface area contributed by atoms with Crippen LogP contribution in [-0.4, -0.2) is 23.3 Å². The van der Waals surface area contributed by atoms with Gasteiger partial charge in [0.25, 0.3) is 0 Å². The fourth-order valence-corrected chi connectivity index (χ4v) is 3.59. The molecule has 5 heteroatoms. The number of carbonyl (C=O) groups is 2. The van der Waals surface area contributed by atoms with Gasteiger partial charge in [-0.05, 0) is 50.7 Å². The minimum Gasteiger partial charge on any atom is -0.462 e. The number of Topliss-reactive ketones (excluding diaryl/α,β-unsaturated/α-hetero) is 1. The number of aromatic amines is 1. The second-order valence-corrected chi connectivity index (χ2v) is 6.98. The third-order valence-corrected chi connectivity index (χ3v) is 5.33. The van der Waals surface area contributed by atoms with Gasteiger partial charge in [0.1, 0.15) is 0 Å². The second-order valence-electron chi connectivity index (χ2n) is 6.98. The maximum atomic E-state index is 13.0. The quantitative estimate of drug-likeness (QED) is 0.424. The standard InChI is InChI=1S/C22H30N2O3/c1-7-17(8-2)18-10-12-24(13-11-18)16(6)21(25)20-14(4)19(15(5)23-20)22(26)27-9-3/h10-13,16-17H,7-9H2,1-6H3/p+1/t16-/m1/s1. The number of aromatic nitrogens is 2. The molecule has 146 valence electrons. The number of hydrogen-bond acceptors (Lipinski definition) is 3. The lowest BCUT2D eigenvalue weighted by atomic mass is 9.95. The average Bonchev–Trinajstić information content (AvgIpc) is 2.96. The molecule has 0 spiro atoms. The average molecular weight is 372 g/mol. The van der Waals surface area contributed by atoms with Gasteiger partial charge >= 0.3 is 5.97 Å². The number of aryl methyl sites for hydroxylation is 1. The Morgan fingerprint density at radius 1 is 1.11 bits per heavy atom. The van der Waals surface area contributed by atoms with Crippen LogP contribution in [0.25, 0.3) is 0 Å². The number of pyridine rings is 1. The van der Waals surface area contributed by atoms with Crippen molar-refractivity contribution >= 4 is 11.8 Å². The first-order chi connectivity index (χ1) is 12.8. The second kappa shape index (κ2) is 8.98. The van der Waals surface area contributed by atoms with Gasteiger partial charge in [-0.3, -0.25) is 4.79 Å². The molecule has 0 aliphatic carbocycles. The predicted octanol–water partition coefficient (Wildman–Crippen LogP) is 4.44. The van der Waals surface area contributed by atoms with Crippen molar-refractivity contribution in [3.63, 3.8) is 0 Å². The lowest BCUT2D eigenvalue weighted by Gasteiger charge is -2.12. The highest BCUT2D eigenvalue weighted by molar-refractivity contribution is 6.02. The van der Waals surface area contributed by atoms with E-state index in [1.165, 1.54) is 5.56 Å². The molecule has 0 saturated heterocycles. The number of ether oxygens (including phenoxy) is 1. The monoisotopic (exact) mass is 371 g/mol. The van der Waals surface area contributed by atoms with Crippen LogP contribution in [0.1, 0.15) is 90.2 Å². The van der Waals surface area contributed by atoms with Crippen LogP contribution in [0.3, 0.4) is 0 Å². The summed E-state index contributed by atoms with van der Waals surface area (Å²) in [5.41, 5.74) is 3.54. The summed E-state index contributed by atoms with van der Waals surface area (Å²) >= 11 is 0. The van der Waals surface area contributed by atoms with Crippen molar-refractivity contribution in [2.75, 3.05) is 6.61 Å². The Labute approximate surface area is 161 Å². The van der Waals surface area contributed by atoms with Crippen LogP contribution in [0.2, 0.25) is 0 Å².